The molecule has 1 aromatic heterocycles. The number of amidine groups is 1. The van der Waals surface area contributed by atoms with Crippen LogP contribution in [0.4, 0.5) is 5.69 Å². The molecule has 49 heavy (non-hydrogen) atoms. The van der Waals surface area contributed by atoms with E-state index in [0.717, 1.165) is 48.3 Å². The summed E-state index contributed by atoms with van der Waals surface area (Å²) in [6.07, 6.45) is 15.1. The zero-order valence-corrected chi connectivity index (χ0v) is 31.1. The Morgan fingerprint density at radius 1 is 1.12 bits per heavy atom. The molecule has 0 spiro atoms. The topological polar surface area (TPSA) is 109 Å². The van der Waals surface area contributed by atoms with Crippen LogP contribution in [0.25, 0.3) is 0 Å². The first-order valence-corrected chi connectivity index (χ1v) is 17.4. The van der Waals surface area contributed by atoms with Crippen molar-refractivity contribution in [3.05, 3.63) is 83.0 Å². The lowest BCUT2D eigenvalue weighted by Crippen LogP contribution is -2.43. The molecular formula is C39H57N7O3. The molecule has 2 unspecified atom stereocenters. The average Bonchev–Trinajstić information content (AvgIpc) is 3.07. The third kappa shape index (κ3) is 12.2. The summed E-state index contributed by atoms with van der Waals surface area (Å²) < 4.78 is 12.5. The molecule has 266 valence electrons. The van der Waals surface area contributed by atoms with E-state index in [1.807, 2.05) is 105 Å². The number of benzene rings is 1. The van der Waals surface area contributed by atoms with E-state index in [9.17, 15) is 4.79 Å². The summed E-state index contributed by atoms with van der Waals surface area (Å²) in [5.41, 5.74) is 10.3. The summed E-state index contributed by atoms with van der Waals surface area (Å²) in [5, 5.41) is 6.08. The van der Waals surface area contributed by atoms with Gasteiger partial charge in [0, 0.05) is 31.6 Å². The molecular weight excluding hydrogens is 614 g/mol. The van der Waals surface area contributed by atoms with Gasteiger partial charge in [0.25, 0.3) is 0 Å². The van der Waals surface area contributed by atoms with Gasteiger partial charge in [0.05, 0.1) is 24.0 Å². The molecule has 10 nitrogen and oxygen atoms in total. The fourth-order valence-corrected chi connectivity index (χ4v) is 5.37. The van der Waals surface area contributed by atoms with Crippen LogP contribution < -0.4 is 15.2 Å². The number of hydrazone groups is 1. The van der Waals surface area contributed by atoms with Gasteiger partial charge in [-0.2, -0.15) is 5.10 Å². The van der Waals surface area contributed by atoms with Crippen LogP contribution in [0.3, 0.4) is 0 Å². The van der Waals surface area contributed by atoms with E-state index in [4.69, 9.17) is 20.2 Å². The fraction of sp³-hybridized carbons (Fsp3) is 0.487. The van der Waals surface area contributed by atoms with E-state index in [1.54, 1.807) is 12.3 Å². The Balaban J connectivity index is 1.71. The Morgan fingerprint density at radius 3 is 2.53 bits per heavy atom. The molecule has 0 saturated carbocycles. The molecule has 2 N–H and O–H groups in total. The van der Waals surface area contributed by atoms with Crippen molar-refractivity contribution in [2.75, 3.05) is 40.3 Å². The lowest BCUT2D eigenvalue weighted by molar-refractivity contribution is -0.129. The van der Waals surface area contributed by atoms with Gasteiger partial charge in [-0.25, -0.2) is 9.98 Å². The van der Waals surface area contributed by atoms with E-state index in [1.165, 1.54) is 0 Å². The Kier molecular flexibility index (Phi) is 15.5. The van der Waals surface area contributed by atoms with Gasteiger partial charge in [0.1, 0.15) is 35.4 Å². The van der Waals surface area contributed by atoms with Crippen molar-refractivity contribution in [1.82, 2.24) is 19.8 Å². The van der Waals surface area contributed by atoms with Crippen LogP contribution in [0.5, 0.6) is 11.5 Å². The maximum Gasteiger partial charge on any atom is 0.246 e. The highest BCUT2D eigenvalue weighted by Gasteiger charge is 2.22. The third-order valence-corrected chi connectivity index (χ3v) is 8.54. The van der Waals surface area contributed by atoms with E-state index in [0.29, 0.717) is 60.8 Å². The summed E-state index contributed by atoms with van der Waals surface area (Å²) >= 11 is 0. The highest BCUT2D eigenvalue weighted by Crippen LogP contribution is 2.27. The summed E-state index contributed by atoms with van der Waals surface area (Å²) in [6.45, 7) is 16.7. The Hall–Kier alpha value is -4.44. The highest BCUT2D eigenvalue weighted by atomic mass is 16.5. The van der Waals surface area contributed by atoms with Crippen molar-refractivity contribution in [2.45, 2.75) is 80.2 Å². The minimum Gasteiger partial charge on any atom is -0.490 e. The molecule has 1 aliphatic heterocycles. The largest absolute Gasteiger partial charge is 0.490 e. The Bertz CT molecular complexity index is 1540. The van der Waals surface area contributed by atoms with Crippen LogP contribution in [0.15, 0.2) is 70.6 Å². The number of amides is 1. The fourth-order valence-electron chi connectivity index (χ4n) is 5.37. The van der Waals surface area contributed by atoms with Gasteiger partial charge in [-0.15, -0.1) is 0 Å². The molecule has 2 atom stereocenters. The minimum absolute atomic E-state index is 0.0264. The van der Waals surface area contributed by atoms with E-state index in [2.05, 4.69) is 30.9 Å². The zero-order chi connectivity index (χ0) is 35.9. The van der Waals surface area contributed by atoms with Crippen molar-refractivity contribution in [2.24, 2.45) is 21.7 Å². The van der Waals surface area contributed by atoms with E-state index < -0.39 is 0 Å². The minimum atomic E-state index is -0.0648. The summed E-state index contributed by atoms with van der Waals surface area (Å²) in [6, 6.07) is 7.62. The number of likely N-dealkylation sites (N-methyl/N-ethyl adjacent to an activating group) is 1. The first-order valence-electron chi connectivity index (χ1n) is 17.4. The summed E-state index contributed by atoms with van der Waals surface area (Å²) in [7, 11) is 3.98. The lowest BCUT2D eigenvalue weighted by Gasteiger charge is -2.31. The molecule has 0 fully saturated rings. The van der Waals surface area contributed by atoms with Crippen LogP contribution in [0.2, 0.25) is 0 Å². The second-order valence-electron chi connectivity index (χ2n) is 12.9. The number of nitrogens with zero attached hydrogens (tertiary/aromatic N) is 6. The number of hydrogen-bond acceptors (Lipinski definition) is 8. The number of aromatic nitrogens is 1. The quantitative estimate of drug-likeness (QED) is 0.103. The SMILES string of the molecule is C/C=N\N1C=CC(Oc2ccc(N=C(N)c3nc(C)c(OCC(CC)N(CCCC(C)CC)C(=O)/C=C/CN(C)C)cc3C)cc2C)=CC1. The van der Waals surface area contributed by atoms with Gasteiger partial charge in [-0.3, -0.25) is 9.80 Å². The second-order valence-corrected chi connectivity index (χ2v) is 12.9. The molecule has 10 heteroatoms. The Morgan fingerprint density at radius 2 is 1.90 bits per heavy atom. The standard InChI is InChI=1S/C39H57N7O3/c1-10-28(4)15-13-22-46(37(47)16-14-21-44(8)9)33(11-2)27-48-36-26-30(6)38(42-31(36)7)39(40)43-32-17-18-35(29(5)25-32)49-34-19-23-45(24-20-34)41-12-3/h12,14,16-20,23,25-26,28,33H,10-11,13,15,21-22,24,27H2,1-9H3,(H2,40,43)/b16-14+,41-12-. The molecule has 2 aromatic rings. The Labute approximate surface area is 294 Å². The number of aryl methyl sites for hydroxylation is 3. The van der Waals surface area contributed by atoms with Gasteiger partial charge in [0.15, 0.2) is 0 Å². The zero-order valence-electron chi connectivity index (χ0n) is 31.1. The van der Waals surface area contributed by atoms with Crippen molar-refractivity contribution >= 4 is 23.6 Å². The van der Waals surface area contributed by atoms with Gasteiger partial charge < -0.3 is 25.0 Å². The number of carbonyl (C=O) groups is 1. The van der Waals surface area contributed by atoms with Crippen LogP contribution in [-0.2, 0) is 4.79 Å². The molecule has 1 aliphatic rings. The summed E-state index contributed by atoms with van der Waals surface area (Å²) in [4.78, 5) is 26.8. The van der Waals surface area contributed by atoms with Crippen LogP contribution in [-0.4, -0.2) is 84.1 Å². The number of nitrogens with two attached hydrogens (primary N) is 1. The van der Waals surface area contributed by atoms with Crippen molar-refractivity contribution in [3.63, 3.8) is 0 Å². The van der Waals surface area contributed by atoms with Crippen molar-refractivity contribution in [1.29, 1.82) is 0 Å². The predicted molar refractivity (Wildman–Crippen MR) is 202 cm³/mol. The molecule has 0 radical (unpaired) electrons. The lowest BCUT2D eigenvalue weighted by atomic mass is 10.0. The van der Waals surface area contributed by atoms with Crippen LogP contribution in [0, 0.1) is 26.7 Å². The second kappa shape index (κ2) is 19.5. The first kappa shape index (κ1) is 39.0. The van der Waals surface area contributed by atoms with Gasteiger partial charge >= 0.3 is 0 Å². The summed E-state index contributed by atoms with van der Waals surface area (Å²) in [5.74, 6) is 3.18. The highest BCUT2D eigenvalue weighted by molar-refractivity contribution is 5.98. The van der Waals surface area contributed by atoms with Gasteiger partial charge in [-0.1, -0.05) is 33.3 Å². The molecule has 1 amide bonds. The molecule has 1 aromatic carbocycles. The number of allylic oxidation sites excluding steroid dienone is 1. The normalized spacial score (nSPS) is 14.9. The van der Waals surface area contributed by atoms with Crippen molar-refractivity contribution < 1.29 is 14.3 Å². The van der Waals surface area contributed by atoms with E-state index in [-0.39, 0.29) is 11.9 Å². The first-order chi connectivity index (χ1) is 23.4. The molecule has 3 rings (SSSR count). The number of rotatable bonds is 18. The molecule has 0 saturated heterocycles. The number of carbonyl (C=O) groups excluding carboxylic acids is 1. The maximum absolute atomic E-state index is 13.3. The smallest absolute Gasteiger partial charge is 0.246 e. The van der Waals surface area contributed by atoms with Crippen LogP contribution >= 0.6 is 0 Å². The molecule has 0 bridgehead atoms. The van der Waals surface area contributed by atoms with Gasteiger partial charge in [0.2, 0.25) is 5.91 Å². The molecule has 0 aliphatic carbocycles. The average molecular weight is 672 g/mol. The van der Waals surface area contributed by atoms with Gasteiger partial charge in [-0.05, 0) is 115 Å². The van der Waals surface area contributed by atoms with Crippen molar-refractivity contribution in [3.8, 4) is 11.5 Å². The number of hydrogen-bond donors (Lipinski definition) is 1. The van der Waals surface area contributed by atoms with E-state index >= 15 is 0 Å². The predicted octanol–water partition coefficient (Wildman–Crippen LogP) is 7.07. The third-order valence-electron chi connectivity index (χ3n) is 8.54. The number of aliphatic imine (C=N–C) groups is 1. The van der Waals surface area contributed by atoms with Crippen LogP contribution in [0.1, 0.15) is 75.9 Å². The monoisotopic (exact) mass is 671 g/mol. The number of pyridine rings is 1. The maximum atomic E-state index is 13.3. The number of ether oxygens (including phenoxy) is 2. The molecule has 2 heterocycles.